The minimum Gasteiger partial charge on any atom is -0.465 e. The molecule has 27 heavy (non-hydrogen) atoms. The molecular weight excluding hydrogens is 360 g/mol. The van der Waals surface area contributed by atoms with Gasteiger partial charge in [-0.15, -0.1) is 0 Å². The van der Waals surface area contributed by atoms with Crippen LogP contribution in [0.1, 0.15) is 11.3 Å². The standard InChI is InChI=1S/C21H16N2O3S/c1-23-18-10-9-15(12-19(18)27-21(23)25)22-20(24)17(13-16-8-5-11-26-16)14-6-3-2-4-7-14/h2-13H,1H3,(H,22,24)/b17-13+. The molecule has 1 amide bonds. The molecule has 4 aromatic rings. The molecule has 0 aliphatic heterocycles. The summed E-state index contributed by atoms with van der Waals surface area (Å²) >= 11 is 1.16. The number of hydrogen-bond acceptors (Lipinski definition) is 4. The third kappa shape index (κ3) is 3.47. The maximum absolute atomic E-state index is 13.0. The van der Waals surface area contributed by atoms with Crippen LogP contribution in [0.2, 0.25) is 0 Å². The number of fused-ring (bicyclic) bond motifs is 1. The highest BCUT2D eigenvalue weighted by Crippen LogP contribution is 2.24. The maximum atomic E-state index is 13.0. The van der Waals surface area contributed by atoms with Crippen LogP contribution in [-0.4, -0.2) is 10.5 Å². The van der Waals surface area contributed by atoms with E-state index in [4.69, 9.17) is 4.42 Å². The predicted molar refractivity (Wildman–Crippen MR) is 109 cm³/mol. The van der Waals surface area contributed by atoms with Gasteiger partial charge in [-0.3, -0.25) is 9.59 Å². The van der Waals surface area contributed by atoms with Crippen molar-refractivity contribution in [3.05, 3.63) is 87.9 Å². The number of carbonyl (C=O) groups excluding carboxylic acids is 1. The molecule has 2 aromatic heterocycles. The first kappa shape index (κ1) is 17.1. The van der Waals surface area contributed by atoms with E-state index in [0.717, 1.165) is 27.1 Å². The van der Waals surface area contributed by atoms with Gasteiger partial charge in [0.25, 0.3) is 5.91 Å². The van der Waals surface area contributed by atoms with Gasteiger partial charge in [-0.1, -0.05) is 41.7 Å². The van der Waals surface area contributed by atoms with E-state index in [1.54, 1.807) is 42.2 Å². The minimum absolute atomic E-state index is 0.0313. The molecule has 5 nitrogen and oxygen atoms in total. The van der Waals surface area contributed by atoms with Gasteiger partial charge in [0.2, 0.25) is 0 Å². The quantitative estimate of drug-likeness (QED) is 0.538. The lowest BCUT2D eigenvalue weighted by molar-refractivity contribution is -0.111. The zero-order valence-corrected chi connectivity index (χ0v) is 15.3. The fraction of sp³-hybridized carbons (Fsp3) is 0.0476. The topological polar surface area (TPSA) is 64.2 Å². The molecule has 0 radical (unpaired) electrons. The van der Waals surface area contributed by atoms with Crippen molar-refractivity contribution >= 4 is 44.8 Å². The van der Waals surface area contributed by atoms with Crippen molar-refractivity contribution in [2.75, 3.05) is 5.32 Å². The second-order valence-corrected chi connectivity index (χ2v) is 7.00. The van der Waals surface area contributed by atoms with Crippen LogP contribution in [0.3, 0.4) is 0 Å². The lowest BCUT2D eigenvalue weighted by Gasteiger charge is -2.09. The molecule has 2 aromatic carbocycles. The van der Waals surface area contributed by atoms with E-state index in [0.29, 0.717) is 17.0 Å². The largest absolute Gasteiger partial charge is 0.465 e. The number of benzene rings is 2. The number of carbonyl (C=O) groups is 1. The van der Waals surface area contributed by atoms with Gasteiger partial charge in [-0.2, -0.15) is 0 Å². The Morgan fingerprint density at radius 2 is 1.93 bits per heavy atom. The molecular formula is C21H16N2O3S. The SMILES string of the molecule is Cn1c(=O)sc2cc(NC(=O)/C(=C/c3ccco3)c3ccccc3)ccc21. The first-order chi connectivity index (χ1) is 13.1. The Morgan fingerprint density at radius 3 is 2.67 bits per heavy atom. The number of nitrogens with one attached hydrogen (secondary N) is 1. The Labute approximate surface area is 159 Å². The van der Waals surface area contributed by atoms with Crippen LogP contribution in [0.4, 0.5) is 5.69 Å². The highest BCUT2D eigenvalue weighted by Gasteiger charge is 2.14. The molecule has 0 bridgehead atoms. The number of amides is 1. The average Bonchev–Trinajstić information content (AvgIpc) is 3.28. The Hall–Kier alpha value is -3.38. The lowest BCUT2D eigenvalue weighted by Crippen LogP contribution is -2.13. The maximum Gasteiger partial charge on any atom is 0.307 e. The molecule has 0 unspecified atom stereocenters. The van der Waals surface area contributed by atoms with Gasteiger partial charge in [0, 0.05) is 12.7 Å². The molecule has 6 heteroatoms. The van der Waals surface area contributed by atoms with Crippen LogP contribution in [0.5, 0.6) is 0 Å². The molecule has 2 heterocycles. The molecule has 1 N–H and O–H groups in total. The van der Waals surface area contributed by atoms with Crippen LogP contribution < -0.4 is 10.2 Å². The fourth-order valence-electron chi connectivity index (χ4n) is 2.82. The van der Waals surface area contributed by atoms with Gasteiger partial charge in [0.15, 0.2) is 0 Å². The van der Waals surface area contributed by atoms with Gasteiger partial charge in [-0.05, 0) is 42.0 Å². The zero-order chi connectivity index (χ0) is 18.8. The second kappa shape index (κ2) is 7.09. The van der Waals surface area contributed by atoms with E-state index >= 15 is 0 Å². The van der Waals surface area contributed by atoms with Gasteiger partial charge >= 0.3 is 4.87 Å². The minimum atomic E-state index is -0.250. The number of aromatic nitrogens is 1. The first-order valence-electron chi connectivity index (χ1n) is 8.33. The normalized spacial score (nSPS) is 11.7. The first-order valence-corrected chi connectivity index (χ1v) is 9.15. The van der Waals surface area contributed by atoms with Gasteiger partial charge < -0.3 is 14.3 Å². The molecule has 0 spiro atoms. The second-order valence-electron chi connectivity index (χ2n) is 6.00. The lowest BCUT2D eigenvalue weighted by atomic mass is 10.0. The Balaban J connectivity index is 1.69. The van der Waals surface area contributed by atoms with Crippen molar-refractivity contribution in [3.8, 4) is 0 Å². The number of furan rings is 1. The van der Waals surface area contributed by atoms with Crippen LogP contribution >= 0.6 is 11.3 Å². The van der Waals surface area contributed by atoms with Crippen molar-refractivity contribution in [2.45, 2.75) is 0 Å². The Kier molecular flexibility index (Phi) is 4.48. The molecule has 0 aliphatic carbocycles. The fourth-order valence-corrected chi connectivity index (χ4v) is 3.74. The molecule has 134 valence electrons. The number of rotatable bonds is 4. The summed E-state index contributed by atoms with van der Waals surface area (Å²) in [5, 5.41) is 2.92. The van der Waals surface area contributed by atoms with Crippen molar-refractivity contribution < 1.29 is 9.21 Å². The van der Waals surface area contributed by atoms with E-state index in [1.807, 2.05) is 42.5 Å². The van der Waals surface area contributed by atoms with Gasteiger partial charge in [-0.25, -0.2) is 0 Å². The molecule has 0 aliphatic rings. The van der Waals surface area contributed by atoms with E-state index in [1.165, 1.54) is 0 Å². The highest BCUT2D eigenvalue weighted by molar-refractivity contribution is 7.16. The van der Waals surface area contributed by atoms with E-state index in [-0.39, 0.29) is 10.8 Å². The summed E-state index contributed by atoms with van der Waals surface area (Å²) in [7, 11) is 1.74. The van der Waals surface area contributed by atoms with E-state index in [9.17, 15) is 9.59 Å². The molecule has 0 atom stereocenters. The monoisotopic (exact) mass is 376 g/mol. The van der Waals surface area contributed by atoms with Crippen molar-refractivity contribution in [1.82, 2.24) is 4.57 Å². The van der Waals surface area contributed by atoms with E-state index < -0.39 is 0 Å². The highest BCUT2D eigenvalue weighted by atomic mass is 32.1. The van der Waals surface area contributed by atoms with Crippen molar-refractivity contribution in [2.24, 2.45) is 7.05 Å². The summed E-state index contributed by atoms with van der Waals surface area (Å²) < 4.78 is 7.79. The summed E-state index contributed by atoms with van der Waals surface area (Å²) in [4.78, 5) is 24.7. The van der Waals surface area contributed by atoms with Gasteiger partial charge in [0.05, 0.1) is 22.1 Å². The number of thiazole rings is 1. The Bertz CT molecular complexity index is 1190. The average molecular weight is 376 g/mol. The van der Waals surface area contributed by atoms with Crippen LogP contribution in [0, 0.1) is 0 Å². The summed E-state index contributed by atoms with van der Waals surface area (Å²) in [6, 6.07) is 18.4. The van der Waals surface area contributed by atoms with Crippen molar-refractivity contribution in [3.63, 3.8) is 0 Å². The van der Waals surface area contributed by atoms with Gasteiger partial charge in [0.1, 0.15) is 5.76 Å². The molecule has 0 saturated carbocycles. The van der Waals surface area contributed by atoms with Crippen molar-refractivity contribution in [1.29, 1.82) is 0 Å². The predicted octanol–water partition coefficient (Wildman–Crippen LogP) is 4.37. The van der Waals surface area contributed by atoms with E-state index in [2.05, 4.69) is 5.32 Å². The summed E-state index contributed by atoms with van der Waals surface area (Å²) in [5.74, 6) is 0.348. The number of aryl methyl sites for hydroxylation is 1. The number of nitrogens with zero attached hydrogens (tertiary/aromatic N) is 1. The van der Waals surface area contributed by atoms with Crippen LogP contribution in [-0.2, 0) is 11.8 Å². The summed E-state index contributed by atoms with van der Waals surface area (Å²) in [6.45, 7) is 0. The molecule has 4 rings (SSSR count). The van der Waals surface area contributed by atoms with Crippen LogP contribution in [0.25, 0.3) is 21.9 Å². The number of anilines is 1. The van der Waals surface area contributed by atoms with Crippen LogP contribution in [0.15, 0.2) is 76.1 Å². The third-order valence-corrected chi connectivity index (χ3v) is 5.20. The zero-order valence-electron chi connectivity index (χ0n) is 14.5. The Morgan fingerprint density at radius 1 is 1.11 bits per heavy atom. The number of hydrogen-bond donors (Lipinski definition) is 1. The third-order valence-electron chi connectivity index (χ3n) is 4.21. The smallest absolute Gasteiger partial charge is 0.307 e. The summed E-state index contributed by atoms with van der Waals surface area (Å²) in [6.07, 6.45) is 3.28. The molecule has 0 fully saturated rings. The molecule has 0 saturated heterocycles. The summed E-state index contributed by atoms with van der Waals surface area (Å²) in [5.41, 5.74) is 2.76.